The summed E-state index contributed by atoms with van der Waals surface area (Å²) in [6.07, 6.45) is 8.84. The molecule has 3 heteroatoms. The molecular formula is C28H32O3. The lowest BCUT2D eigenvalue weighted by Gasteiger charge is -2.20. The molecule has 2 aromatic rings. The van der Waals surface area contributed by atoms with Gasteiger partial charge in [-0.15, -0.1) is 0 Å². The molecule has 31 heavy (non-hydrogen) atoms. The van der Waals surface area contributed by atoms with Crippen LogP contribution in [0.25, 0.3) is 0 Å². The minimum atomic E-state index is -0.373. The van der Waals surface area contributed by atoms with Gasteiger partial charge in [-0.05, 0) is 66.0 Å². The zero-order valence-electron chi connectivity index (χ0n) is 19.0. The molecule has 0 saturated carbocycles. The number of hydrogen-bond acceptors (Lipinski definition) is 3. The molecule has 0 aromatic heterocycles. The summed E-state index contributed by atoms with van der Waals surface area (Å²) in [5.41, 5.74) is 4.54. The van der Waals surface area contributed by atoms with Gasteiger partial charge in [0.15, 0.2) is 5.78 Å². The van der Waals surface area contributed by atoms with Crippen LogP contribution in [0, 0.1) is 0 Å². The average molecular weight is 417 g/mol. The summed E-state index contributed by atoms with van der Waals surface area (Å²) in [4.78, 5) is 25.6. The van der Waals surface area contributed by atoms with Gasteiger partial charge in [-0.25, -0.2) is 4.79 Å². The Kier molecular flexibility index (Phi) is 7.62. The third-order valence-electron chi connectivity index (χ3n) is 5.69. The van der Waals surface area contributed by atoms with E-state index in [1.165, 1.54) is 0 Å². The maximum absolute atomic E-state index is 12.8. The number of ether oxygens (including phenoxy) is 1. The van der Waals surface area contributed by atoms with Gasteiger partial charge < -0.3 is 4.74 Å². The van der Waals surface area contributed by atoms with Crippen LogP contribution >= 0.6 is 0 Å². The molecule has 0 amide bonds. The third kappa shape index (κ3) is 5.81. The van der Waals surface area contributed by atoms with Crippen molar-refractivity contribution < 1.29 is 14.3 Å². The van der Waals surface area contributed by atoms with Crippen molar-refractivity contribution in [3.63, 3.8) is 0 Å². The van der Waals surface area contributed by atoms with E-state index in [9.17, 15) is 9.59 Å². The fraction of sp³-hybridized carbons (Fsp3) is 0.357. The summed E-state index contributed by atoms with van der Waals surface area (Å²) in [5, 5.41) is 0. The van der Waals surface area contributed by atoms with Crippen LogP contribution in [0.1, 0.15) is 85.8 Å². The fourth-order valence-corrected chi connectivity index (χ4v) is 3.83. The van der Waals surface area contributed by atoms with Crippen molar-refractivity contribution in [3.8, 4) is 5.75 Å². The number of hydrogen-bond donors (Lipinski definition) is 0. The summed E-state index contributed by atoms with van der Waals surface area (Å²) in [6.45, 7) is 8.54. The van der Waals surface area contributed by atoms with Gasteiger partial charge in [0.25, 0.3) is 0 Å². The standard InChI is InChI=1S/C28H32O3/c1-19(2)23-17-25(20(3)4)24(15-16-26(29)21-11-7-5-8-12-21)27(18-23)31-28(30)22-13-9-6-10-14-22/h6-7,9-14,17-20H,5,8,15-16H2,1-4H3. The van der Waals surface area contributed by atoms with Crippen molar-refractivity contribution in [3.05, 3.63) is 88.5 Å². The molecule has 0 bridgehead atoms. The molecule has 1 aliphatic carbocycles. The van der Waals surface area contributed by atoms with Crippen molar-refractivity contribution in [2.75, 3.05) is 0 Å². The number of carbonyl (C=O) groups excluding carboxylic acids is 2. The lowest BCUT2D eigenvalue weighted by atomic mass is 9.88. The van der Waals surface area contributed by atoms with Crippen molar-refractivity contribution in [1.82, 2.24) is 0 Å². The number of rotatable bonds is 8. The van der Waals surface area contributed by atoms with Gasteiger partial charge in [0, 0.05) is 12.0 Å². The quantitative estimate of drug-likeness (QED) is 0.346. The maximum atomic E-state index is 12.8. The molecule has 1 aliphatic rings. The second-order valence-corrected chi connectivity index (χ2v) is 8.71. The van der Waals surface area contributed by atoms with Gasteiger partial charge in [0.1, 0.15) is 5.75 Å². The number of Topliss-reactive ketones (excluding diaryl/α,β-unsaturated/α-hetero) is 1. The minimum Gasteiger partial charge on any atom is -0.423 e. The first-order chi connectivity index (χ1) is 14.9. The van der Waals surface area contributed by atoms with Crippen LogP contribution in [0.3, 0.4) is 0 Å². The molecule has 0 fully saturated rings. The molecule has 0 saturated heterocycles. The number of carbonyl (C=O) groups is 2. The van der Waals surface area contributed by atoms with Crippen molar-refractivity contribution in [2.45, 2.75) is 65.2 Å². The van der Waals surface area contributed by atoms with Crippen LogP contribution in [0.5, 0.6) is 5.75 Å². The minimum absolute atomic E-state index is 0.138. The Morgan fingerprint density at radius 1 is 0.968 bits per heavy atom. The Morgan fingerprint density at radius 2 is 1.71 bits per heavy atom. The van der Waals surface area contributed by atoms with E-state index in [0.29, 0.717) is 30.1 Å². The molecule has 0 atom stereocenters. The van der Waals surface area contributed by atoms with Crippen LogP contribution in [-0.4, -0.2) is 11.8 Å². The van der Waals surface area contributed by atoms with Gasteiger partial charge in [-0.2, -0.15) is 0 Å². The summed E-state index contributed by atoms with van der Waals surface area (Å²) in [5.74, 6) is 0.900. The molecular weight excluding hydrogens is 384 g/mol. The van der Waals surface area contributed by atoms with Crippen molar-refractivity contribution in [2.24, 2.45) is 0 Å². The van der Waals surface area contributed by atoms with E-state index in [1.54, 1.807) is 12.1 Å². The second kappa shape index (κ2) is 10.4. The Balaban J connectivity index is 1.94. The first-order valence-corrected chi connectivity index (χ1v) is 11.2. The zero-order valence-corrected chi connectivity index (χ0v) is 19.0. The predicted octanol–water partition coefficient (Wildman–Crippen LogP) is 6.93. The van der Waals surface area contributed by atoms with Gasteiger partial charge in [0.05, 0.1) is 5.56 Å². The highest BCUT2D eigenvalue weighted by Crippen LogP contribution is 2.34. The van der Waals surface area contributed by atoms with Gasteiger partial charge in [0.2, 0.25) is 0 Å². The topological polar surface area (TPSA) is 43.4 Å². The molecule has 3 nitrogen and oxygen atoms in total. The summed E-state index contributed by atoms with van der Waals surface area (Å²) in [7, 11) is 0. The second-order valence-electron chi connectivity index (χ2n) is 8.71. The molecule has 0 spiro atoms. The van der Waals surface area contributed by atoms with Crippen LogP contribution in [0.4, 0.5) is 0 Å². The van der Waals surface area contributed by atoms with Crippen LogP contribution < -0.4 is 4.74 Å². The predicted molar refractivity (Wildman–Crippen MR) is 126 cm³/mol. The van der Waals surface area contributed by atoms with Crippen LogP contribution in [0.2, 0.25) is 0 Å². The summed E-state index contributed by atoms with van der Waals surface area (Å²) < 4.78 is 5.91. The summed E-state index contributed by atoms with van der Waals surface area (Å²) >= 11 is 0. The Bertz CT molecular complexity index is 994. The molecule has 0 heterocycles. The summed E-state index contributed by atoms with van der Waals surface area (Å²) in [6, 6.07) is 13.2. The maximum Gasteiger partial charge on any atom is 0.343 e. The van der Waals surface area contributed by atoms with E-state index in [4.69, 9.17) is 4.74 Å². The number of allylic oxidation sites excluding steroid dienone is 4. The van der Waals surface area contributed by atoms with Gasteiger partial charge >= 0.3 is 5.97 Å². The molecule has 0 N–H and O–H groups in total. The molecule has 0 unspecified atom stereocenters. The van der Waals surface area contributed by atoms with Crippen molar-refractivity contribution in [1.29, 1.82) is 0 Å². The molecule has 0 radical (unpaired) electrons. The highest BCUT2D eigenvalue weighted by molar-refractivity contribution is 5.98. The smallest absolute Gasteiger partial charge is 0.343 e. The monoisotopic (exact) mass is 416 g/mol. The van der Waals surface area contributed by atoms with E-state index < -0.39 is 0 Å². The zero-order chi connectivity index (χ0) is 22.4. The Morgan fingerprint density at radius 3 is 2.32 bits per heavy atom. The molecule has 2 aromatic carbocycles. The molecule has 0 aliphatic heterocycles. The van der Waals surface area contributed by atoms with Gasteiger partial charge in [-0.3, -0.25) is 4.79 Å². The number of benzene rings is 2. The van der Waals surface area contributed by atoms with E-state index in [2.05, 4.69) is 39.8 Å². The lowest BCUT2D eigenvalue weighted by Crippen LogP contribution is -2.13. The highest BCUT2D eigenvalue weighted by atomic mass is 16.5. The molecule has 162 valence electrons. The van der Waals surface area contributed by atoms with Crippen LogP contribution in [-0.2, 0) is 11.2 Å². The lowest BCUT2D eigenvalue weighted by molar-refractivity contribution is -0.115. The Labute approximate surface area is 185 Å². The largest absolute Gasteiger partial charge is 0.423 e. The van der Waals surface area contributed by atoms with Crippen LogP contribution in [0.15, 0.2) is 66.3 Å². The van der Waals surface area contributed by atoms with Gasteiger partial charge in [-0.1, -0.05) is 70.2 Å². The normalized spacial score (nSPS) is 13.4. The SMILES string of the molecule is CC(C)c1cc(OC(=O)c2ccccc2)c(CCC(=O)C2=CCCC=C2)c(C(C)C)c1. The third-order valence-corrected chi connectivity index (χ3v) is 5.69. The molecule has 3 rings (SSSR count). The highest BCUT2D eigenvalue weighted by Gasteiger charge is 2.20. The number of esters is 1. The first-order valence-electron chi connectivity index (χ1n) is 11.2. The van der Waals surface area contributed by atoms with E-state index >= 15 is 0 Å². The van der Waals surface area contributed by atoms with E-state index in [1.807, 2.05) is 36.4 Å². The first kappa shape index (κ1) is 22.7. The van der Waals surface area contributed by atoms with Crippen molar-refractivity contribution >= 4 is 11.8 Å². The average Bonchev–Trinajstić information content (AvgIpc) is 2.78. The number of ketones is 1. The Hall–Kier alpha value is -2.94. The van der Waals surface area contributed by atoms with E-state index in [-0.39, 0.29) is 17.7 Å². The fourth-order valence-electron chi connectivity index (χ4n) is 3.83. The van der Waals surface area contributed by atoms with E-state index in [0.717, 1.165) is 35.1 Å².